The minimum absolute atomic E-state index is 0.0162. The molecule has 9 heteroatoms. The summed E-state index contributed by atoms with van der Waals surface area (Å²) in [5, 5.41) is 0. The molecule has 0 saturated carbocycles. The smallest absolute Gasteiger partial charge is 0.422 e. The number of carbonyl (C=O) groups is 2. The molecule has 0 aliphatic carbocycles. The van der Waals surface area contributed by atoms with E-state index in [2.05, 4.69) is 4.74 Å². The second-order valence-electron chi connectivity index (χ2n) is 8.00. The fourth-order valence-corrected chi connectivity index (χ4v) is 3.99. The van der Waals surface area contributed by atoms with Crippen molar-refractivity contribution in [1.29, 1.82) is 0 Å². The predicted molar refractivity (Wildman–Crippen MR) is 103 cm³/mol. The zero-order valence-electron chi connectivity index (χ0n) is 17.2. The number of morpholine rings is 1. The van der Waals surface area contributed by atoms with Crippen molar-refractivity contribution < 1.29 is 32.2 Å². The molecule has 30 heavy (non-hydrogen) atoms. The van der Waals surface area contributed by atoms with Crippen LogP contribution in [0, 0.1) is 5.92 Å². The lowest BCUT2D eigenvalue weighted by molar-refractivity contribution is -0.153. The van der Waals surface area contributed by atoms with Gasteiger partial charge in [0, 0.05) is 37.7 Å². The zero-order chi connectivity index (χ0) is 21.9. The third-order valence-electron chi connectivity index (χ3n) is 5.37. The van der Waals surface area contributed by atoms with E-state index < -0.39 is 12.8 Å². The molecule has 2 fully saturated rings. The van der Waals surface area contributed by atoms with Crippen LogP contribution in [0.5, 0.6) is 5.75 Å². The first-order valence-electron chi connectivity index (χ1n) is 10.2. The monoisotopic (exact) mass is 428 g/mol. The van der Waals surface area contributed by atoms with E-state index in [1.165, 1.54) is 24.3 Å². The Balaban J connectivity index is 1.51. The Morgan fingerprint density at radius 1 is 1.03 bits per heavy atom. The Bertz CT molecular complexity index is 736. The highest BCUT2D eigenvalue weighted by molar-refractivity contribution is 5.94. The van der Waals surface area contributed by atoms with E-state index in [1.807, 2.05) is 18.7 Å². The number of carbonyl (C=O) groups excluding carboxylic acids is 2. The van der Waals surface area contributed by atoms with E-state index in [1.54, 1.807) is 4.90 Å². The highest BCUT2D eigenvalue weighted by Crippen LogP contribution is 2.24. The van der Waals surface area contributed by atoms with Gasteiger partial charge in [0.15, 0.2) is 6.61 Å². The molecule has 0 N–H and O–H groups in total. The Morgan fingerprint density at radius 3 is 2.13 bits per heavy atom. The predicted octanol–water partition coefficient (Wildman–Crippen LogP) is 3.12. The standard InChI is InChI=1S/C21H27F3N2O4/c1-14-11-26(12-15(2)30-14)20(28)17-7-9-25(10-8-17)19(27)16-3-5-18(6-4-16)29-13-21(22,23)24/h3-6,14-15,17H,7-13H2,1-2H3. The molecule has 2 heterocycles. The van der Waals surface area contributed by atoms with Crippen molar-refractivity contribution in [3.8, 4) is 5.75 Å². The lowest BCUT2D eigenvalue weighted by atomic mass is 9.94. The summed E-state index contributed by atoms with van der Waals surface area (Å²) in [6, 6.07) is 5.63. The number of likely N-dealkylation sites (tertiary alicyclic amines) is 1. The summed E-state index contributed by atoms with van der Waals surface area (Å²) in [6.45, 7) is 4.65. The molecular weight excluding hydrogens is 401 g/mol. The molecule has 2 aliphatic heterocycles. The van der Waals surface area contributed by atoms with Gasteiger partial charge in [-0.1, -0.05) is 0 Å². The summed E-state index contributed by atoms with van der Waals surface area (Å²) in [7, 11) is 0. The van der Waals surface area contributed by atoms with Crippen LogP contribution in [0.4, 0.5) is 13.2 Å². The van der Waals surface area contributed by atoms with Gasteiger partial charge in [-0.05, 0) is 51.0 Å². The third-order valence-corrected chi connectivity index (χ3v) is 5.37. The summed E-state index contributed by atoms with van der Waals surface area (Å²) >= 11 is 0. The van der Waals surface area contributed by atoms with Gasteiger partial charge in [-0.15, -0.1) is 0 Å². The number of nitrogens with zero attached hydrogens (tertiary/aromatic N) is 2. The van der Waals surface area contributed by atoms with Crippen molar-refractivity contribution in [2.45, 2.75) is 45.1 Å². The van der Waals surface area contributed by atoms with E-state index in [9.17, 15) is 22.8 Å². The van der Waals surface area contributed by atoms with Crippen LogP contribution in [0.1, 0.15) is 37.0 Å². The van der Waals surface area contributed by atoms with Gasteiger partial charge < -0.3 is 19.3 Å². The molecule has 0 radical (unpaired) electrons. The van der Waals surface area contributed by atoms with Gasteiger partial charge >= 0.3 is 6.18 Å². The number of hydrogen-bond donors (Lipinski definition) is 0. The summed E-state index contributed by atoms with van der Waals surface area (Å²) in [5.41, 5.74) is 0.384. The van der Waals surface area contributed by atoms with Crippen LogP contribution < -0.4 is 4.74 Å². The molecule has 6 nitrogen and oxygen atoms in total. The number of benzene rings is 1. The molecule has 1 aromatic rings. The Hall–Kier alpha value is -2.29. The van der Waals surface area contributed by atoms with Gasteiger partial charge in [0.2, 0.25) is 5.91 Å². The number of amides is 2. The molecular formula is C21H27F3N2O4. The van der Waals surface area contributed by atoms with Crippen molar-refractivity contribution in [2.24, 2.45) is 5.92 Å². The second-order valence-corrected chi connectivity index (χ2v) is 8.00. The maximum atomic E-state index is 12.8. The van der Waals surface area contributed by atoms with E-state index in [4.69, 9.17) is 4.74 Å². The molecule has 0 spiro atoms. The van der Waals surface area contributed by atoms with Crippen LogP contribution >= 0.6 is 0 Å². The molecule has 2 aliphatic rings. The molecule has 166 valence electrons. The summed E-state index contributed by atoms with van der Waals surface area (Å²) in [4.78, 5) is 29.1. The average Bonchev–Trinajstić information content (AvgIpc) is 2.70. The average molecular weight is 428 g/mol. The number of rotatable bonds is 4. The zero-order valence-corrected chi connectivity index (χ0v) is 17.2. The molecule has 1 aromatic carbocycles. The van der Waals surface area contributed by atoms with Crippen molar-refractivity contribution in [2.75, 3.05) is 32.8 Å². The van der Waals surface area contributed by atoms with Crippen molar-refractivity contribution >= 4 is 11.8 Å². The molecule has 2 amide bonds. The third kappa shape index (κ3) is 5.87. The van der Waals surface area contributed by atoms with Gasteiger partial charge in [-0.3, -0.25) is 9.59 Å². The Labute approximate surface area is 173 Å². The van der Waals surface area contributed by atoms with Crippen molar-refractivity contribution in [1.82, 2.24) is 9.80 Å². The molecule has 2 atom stereocenters. The number of halogens is 3. The highest BCUT2D eigenvalue weighted by Gasteiger charge is 2.34. The topological polar surface area (TPSA) is 59.1 Å². The van der Waals surface area contributed by atoms with E-state index in [0.717, 1.165) is 0 Å². The van der Waals surface area contributed by atoms with Crippen LogP contribution in [-0.2, 0) is 9.53 Å². The lowest BCUT2D eigenvalue weighted by Gasteiger charge is -2.39. The van der Waals surface area contributed by atoms with Crippen LogP contribution in [0.2, 0.25) is 0 Å². The number of ether oxygens (including phenoxy) is 2. The van der Waals surface area contributed by atoms with Crippen LogP contribution in [-0.4, -0.2) is 72.8 Å². The number of alkyl halides is 3. The fraction of sp³-hybridized carbons (Fsp3) is 0.619. The van der Waals surface area contributed by atoms with Gasteiger partial charge in [0.05, 0.1) is 12.2 Å². The second kappa shape index (κ2) is 9.24. The van der Waals surface area contributed by atoms with E-state index >= 15 is 0 Å². The summed E-state index contributed by atoms with van der Waals surface area (Å²) < 4.78 is 47.0. The fourth-order valence-electron chi connectivity index (χ4n) is 3.99. The Morgan fingerprint density at radius 2 is 1.60 bits per heavy atom. The first-order valence-corrected chi connectivity index (χ1v) is 10.2. The van der Waals surface area contributed by atoms with Gasteiger partial charge in [-0.2, -0.15) is 13.2 Å². The summed E-state index contributed by atoms with van der Waals surface area (Å²) in [6.07, 6.45) is -3.19. The molecule has 2 unspecified atom stereocenters. The highest BCUT2D eigenvalue weighted by atomic mass is 19.4. The van der Waals surface area contributed by atoms with Crippen LogP contribution in [0.15, 0.2) is 24.3 Å². The maximum absolute atomic E-state index is 12.8. The van der Waals surface area contributed by atoms with Crippen LogP contribution in [0.25, 0.3) is 0 Å². The number of piperidine rings is 1. The largest absolute Gasteiger partial charge is 0.484 e. The van der Waals surface area contributed by atoms with Crippen molar-refractivity contribution in [3.63, 3.8) is 0 Å². The quantitative estimate of drug-likeness (QED) is 0.740. The molecule has 3 rings (SSSR count). The van der Waals surface area contributed by atoms with Gasteiger partial charge in [0.1, 0.15) is 5.75 Å². The maximum Gasteiger partial charge on any atom is 0.422 e. The first-order chi connectivity index (χ1) is 14.1. The first kappa shape index (κ1) is 22.4. The van der Waals surface area contributed by atoms with Crippen molar-refractivity contribution in [3.05, 3.63) is 29.8 Å². The Kier molecular flexibility index (Phi) is 6.90. The molecule has 2 saturated heterocycles. The van der Waals surface area contributed by atoms with Gasteiger partial charge in [0.25, 0.3) is 5.91 Å². The van der Waals surface area contributed by atoms with Crippen LogP contribution in [0.3, 0.4) is 0 Å². The SMILES string of the molecule is CC1CN(C(=O)C2CCN(C(=O)c3ccc(OCC(F)(F)F)cc3)CC2)CC(C)O1. The van der Waals surface area contributed by atoms with E-state index in [-0.39, 0.29) is 35.7 Å². The minimum Gasteiger partial charge on any atom is -0.484 e. The minimum atomic E-state index is -4.41. The number of hydrogen-bond acceptors (Lipinski definition) is 4. The normalized spacial score (nSPS) is 23.4. The molecule has 0 aromatic heterocycles. The molecule has 0 bridgehead atoms. The van der Waals surface area contributed by atoms with E-state index in [0.29, 0.717) is 44.6 Å². The summed E-state index contributed by atoms with van der Waals surface area (Å²) in [5.74, 6) is -0.126. The van der Waals surface area contributed by atoms with Gasteiger partial charge in [-0.25, -0.2) is 0 Å². The lowest BCUT2D eigenvalue weighted by Crippen LogP contribution is -2.51.